The molecule has 0 bridgehead atoms. The van der Waals surface area contributed by atoms with Crippen LogP contribution in [0.3, 0.4) is 0 Å². The second kappa shape index (κ2) is 8.45. The average molecular weight is 433 g/mol. The number of nitrogens with one attached hydrogen (secondary N) is 1. The number of pyridine rings is 2. The largest absolute Gasteiger partial charge is 0.433 e. The summed E-state index contributed by atoms with van der Waals surface area (Å²) in [6.07, 6.45) is 1.02. The van der Waals surface area contributed by atoms with Crippen LogP contribution in [0.1, 0.15) is 61.9 Å². The molecule has 31 heavy (non-hydrogen) atoms. The summed E-state index contributed by atoms with van der Waals surface area (Å²) in [4.78, 5) is 23.0. The van der Waals surface area contributed by atoms with E-state index in [-0.39, 0.29) is 23.2 Å². The molecular formula is C22H26F3N5O. The quantitative estimate of drug-likeness (QED) is 0.644. The first kappa shape index (κ1) is 21.5. The minimum absolute atomic E-state index is 0.0990. The topological polar surface area (TPSA) is 66.8 Å². The van der Waals surface area contributed by atoms with Crippen molar-refractivity contribution in [3.63, 3.8) is 0 Å². The highest BCUT2D eigenvalue weighted by molar-refractivity contribution is 5.80. The summed E-state index contributed by atoms with van der Waals surface area (Å²) in [6, 6.07) is 4.83. The molecule has 166 valence electrons. The minimum Gasteiger partial charge on any atom is -0.299 e. The third-order valence-electron chi connectivity index (χ3n) is 6.19. The summed E-state index contributed by atoms with van der Waals surface area (Å²) in [7, 11) is 0. The number of hydrogen-bond donors (Lipinski definition) is 1. The number of piperidine rings is 1. The highest BCUT2D eigenvalue weighted by Crippen LogP contribution is 2.37. The third-order valence-corrected chi connectivity index (χ3v) is 6.19. The Bertz CT molecular complexity index is 1100. The van der Waals surface area contributed by atoms with Crippen LogP contribution in [-0.2, 0) is 12.7 Å². The van der Waals surface area contributed by atoms with E-state index in [0.29, 0.717) is 30.2 Å². The smallest absolute Gasteiger partial charge is 0.299 e. The number of aromatic nitrogens is 4. The van der Waals surface area contributed by atoms with Crippen LogP contribution in [0.15, 0.2) is 35.4 Å². The molecule has 0 unspecified atom stereocenters. The number of nitrogens with zero attached hydrogens (tertiary/aromatic N) is 4. The molecule has 1 N–H and O–H groups in total. The summed E-state index contributed by atoms with van der Waals surface area (Å²) in [5.41, 5.74) is 0.352. The SMILES string of the molecule is CC[C@H](C)n1[nH]c(=O)c2c(C3CCN(Cc4cccnc4)CC3)cc(C(F)(F)F)nc21. The molecule has 0 amide bonds. The van der Waals surface area contributed by atoms with Crippen molar-refractivity contribution in [2.45, 2.75) is 57.8 Å². The lowest BCUT2D eigenvalue weighted by atomic mass is 9.87. The summed E-state index contributed by atoms with van der Waals surface area (Å²) < 4.78 is 42.3. The van der Waals surface area contributed by atoms with Gasteiger partial charge in [0.2, 0.25) is 0 Å². The van der Waals surface area contributed by atoms with Gasteiger partial charge in [-0.3, -0.25) is 24.5 Å². The van der Waals surface area contributed by atoms with E-state index in [4.69, 9.17) is 0 Å². The fraction of sp³-hybridized carbons (Fsp3) is 0.500. The van der Waals surface area contributed by atoms with E-state index in [0.717, 1.165) is 31.3 Å². The number of alkyl halides is 3. The lowest BCUT2D eigenvalue weighted by Crippen LogP contribution is -2.32. The zero-order chi connectivity index (χ0) is 22.2. The van der Waals surface area contributed by atoms with Crippen molar-refractivity contribution >= 4 is 11.0 Å². The molecule has 1 aliphatic heterocycles. The van der Waals surface area contributed by atoms with Crippen LogP contribution in [0, 0.1) is 0 Å². The number of likely N-dealkylation sites (tertiary alicyclic amines) is 1. The average Bonchev–Trinajstić information content (AvgIpc) is 3.10. The van der Waals surface area contributed by atoms with Crippen LogP contribution < -0.4 is 5.56 Å². The Morgan fingerprint density at radius 2 is 2.03 bits per heavy atom. The van der Waals surface area contributed by atoms with Gasteiger partial charge in [0.25, 0.3) is 5.56 Å². The molecule has 1 aliphatic rings. The normalized spacial score (nSPS) is 17.3. The van der Waals surface area contributed by atoms with Crippen LogP contribution in [-0.4, -0.2) is 37.7 Å². The van der Waals surface area contributed by atoms with Crippen molar-refractivity contribution in [1.29, 1.82) is 0 Å². The minimum atomic E-state index is -4.57. The second-order valence-electron chi connectivity index (χ2n) is 8.27. The van der Waals surface area contributed by atoms with E-state index >= 15 is 0 Å². The van der Waals surface area contributed by atoms with Gasteiger partial charge in [0.1, 0.15) is 5.69 Å². The van der Waals surface area contributed by atoms with Crippen molar-refractivity contribution < 1.29 is 13.2 Å². The lowest BCUT2D eigenvalue weighted by molar-refractivity contribution is -0.141. The lowest BCUT2D eigenvalue weighted by Gasteiger charge is -2.32. The van der Waals surface area contributed by atoms with Crippen LogP contribution in [0.4, 0.5) is 13.2 Å². The van der Waals surface area contributed by atoms with Crippen LogP contribution in [0.25, 0.3) is 11.0 Å². The van der Waals surface area contributed by atoms with Crippen molar-refractivity contribution in [2.75, 3.05) is 13.1 Å². The predicted octanol–water partition coefficient (Wildman–Crippen LogP) is 4.49. The van der Waals surface area contributed by atoms with Crippen LogP contribution in [0.5, 0.6) is 0 Å². The van der Waals surface area contributed by atoms with Gasteiger partial charge in [-0.05, 0) is 68.5 Å². The molecule has 0 spiro atoms. The Morgan fingerprint density at radius 3 is 2.65 bits per heavy atom. The van der Waals surface area contributed by atoms with E-state index in [1.807, 2.05) is 32.2 Å². The van der Waals surface area contributed by atoms with Crippen LogP contribution in [0.2, 0.25) is 0 Å². The zero-order valence-electron chi connectivity index (χ0n) is 17.6. The van der Waals surface area contributed by atoms with Gasteiger partial charge >= 0.3 is 6.18 Å². The molecule has 4 heterocycles. The number of rotatable bonds is 5. The molecule has 1 saturated heterocycles. The van der Waals surface area contributed by atoms with Crippen molar-refractivity contribution in [2.24, 2.45) is 0 Å². The number of fused-ring (bicyclic) bond motifs is 1. The Labute approximate surface area is 178 Å². The molecule has 0 aliphatic carbocycles. The Kier molecular flexibility index (Phi) is 5.88. The fourth-order valence-corrected chi connectivity index (χ4v) is 4.30. The standard InChI is InChI=1S/C22H26F3N5O/c1-3-14(2)30-20-19(21(31)28-30)17(11-18(27-20)22(23,24)25)16-6-9-29(10-7-16)13-15-5-4-8-26-12-15/h4-5,8,11-12,14,16H,3,6-7,9-10,13H2,1-2H3,(H,28,31)/t14-/m0/s1. The highest BCUT2D eigenvalue weighted by Gasteiger charge is 2.36. The van der Waals surface area contributed by atoms with Gasteiger partial charge in [-0.25, -0.2) is 4.98 Å². The molecule has 4 rings (SSSR count). The van der Waals surface area contributed by atoms with Crippen molar-refractivity contribution in [3.05, 3.63) is 57.8 Å². The van der Waals surface area contributed by atoms with Gasteiger partial charge in [-0.1, -0.05) is 13.0 Å². The Hall–Kier alpha value is -2.68. The molecule has 9 heteroatoms. The maximum absolute atomic E-state index is 13.6. The van der Waals surface area contributed by atoms with Gasteiger partial charge in [0, 0.05) is 25.0 Å². The number of hydrogen-bond acceptors (Lipinski definition) is 4. The number of aromatic amines is 1. The maximum Gasteiger partial charge on any atom is 0.433 e. The summed E-state index contributed by atoms with van der Waals surface area (Å²) >= 11 is 0. The van der Waals surface area contributed by atoms with Gasteiger partial charge in [0.05, 0.1) is 5.39 Å². The molecule has 6 nitrogen and oxygen atoms in total. The summed E-state index contributed by atoms with van der Waals surface area (Å²) in [6.45, 7) is 6.02. The number of halogens is 3. The van der Waals surface area contributed by atoms with E-state index < -0.39 is 11.9 Å². The first-order valence-corrected chi connectivity index (χ1v) is 10.6. The monoisotopic (exact) mass is 433 g/mol. The van der Waals surface area contributed by atoms with Crippen LogP contribution >= 0.6 is 0 Å². The van der Waals surface area contributed by atoms with Gasteiger partial charge in [-0.2, -0.15) is 13.2 Å². The second-order valence-corrected chi connectivity index (χ2v) is 8.27. The predicted molar refractivity (Wildman–Crippen MR) is 112 cm³/mol. The van der Waals surface area contributed by atoms with E-state index in [1.165, 1.54) is 4.68 Å². The zero-order valence-corrected chi connectivity index (χ0v) is 17.6. The van der Waals surface area contributed by atoms with Crippen molar-refractivity contribution in [3.8, 4) is 0 Å². The van der Waals surface area contributed by atoms with E-state index in [9.17, 15) is 18.0 Å². The fourth-order valence-electron chi connectivity index (χ4n) is 4.30. The van der Waals surface area contributed by atoms with E-state index in [1.54, 1.807) is 6.20 Å². The van der Waals surface area contributed by atoms with Gasteiger partial charge in [0.15, 0.2) is 5.65 Å². The molecule has 1 atom stereocenters. The number of H-pyrrole nitrogens is 1. The van der Waals surface area contributed by atoms with Gasteiger partial charge < -0.3 is 0 Å². The maximum atomic E-state index is 13.6. The summed E-state index contributed by atoms with van der Waals surface area (Å²) in [5.74, 6) is -0.120. The molecular weight excluding hydrogens is 407 g/mol. The van der Waals surface area contributed by atoms with Crippen molar-refractivity contribution in [1.82, 2.24) is 24.6 Å². The molecule has 1 fully saturated rings. The summed E-state index contributed by atoms with van der Waals surface area (Å²) in [5, 5.41) is 3.01. The molecule has 0 saturated carbocycles. The first-order valence-electron chi connectivity index (χ1n) is 10.6. The third kappa shape index (κ3) is 4.37. The molecule has 3 aromatic rings. The van der Waals surface area contributed by atoms with Gasteiger partial charge in [-0.15, -0.1) is 0 Å². The first-order chi connectivity index (χ1) is 14.8. The molecule has 0 aromatic carbocycles. The highest BCUT2D eigenvalue weighted by atomic mass is 19.4. The Balaban J connectivity index is 1.67. The molecule has 0 radical (unpaired) electrons. The van der Waals surface area contributed by atoms with E-state index in [2.05, 4.69) is 20.0 Å². The Morgan fingerprint density at radius 1 is 1.29 bits per heavy atom. The molecule has 3 aromatic heterocycles.